The Balaban J connectivity index is 1.83. The molecular formula is C16H12F5N3O2. The number of benzene rings is 2. The molecular weight excluding hydrogens is 361 g/mol. The van der Waals surface area contributed by atoms with E-state index in [0.717, 1.165) is 24.3 Å². The Morgan fingerprint density at radius 2 is 1.54 bits per heavy atom. The third-order valence-electron chi connectivity index (χ3n) is 3.17. The monoisotopic (exact) mass is 373 g/mol. The number of hydrogen-bond acceptors (Lipinski definition) is 2. The van der Waals surface area contributed by atoms with Crippen molar-refractivity contribution >= 4 is 17.6 Å². The Bertz CT molecular complexity index is 845. The largest absolute Gasteiger partial charge is 0.334 e. The highest BCUT2D eigenvalue weighted by Gasteiger charge is 2.15. The standard InChI is InChI=1S/C16H12F5N3O2/c17-9-1-2-10(18)8(5-9)6-22-16(26)23-7-13(25)24-12-4-3-11(19)14(20)15(12)21/h1-5H,6-7H2,(H,24,25)(H2,22,23,26). The van der Waals surface area contributed by atoms with Crippen molar-refractivity contribution in [2.75, 3.05) is 11.9 Å². The molecule has 0 saturated heterocycles. The fourth-order valence-electron chi connectivity index (χ4n) is 1.89. The molecule has 26 heavy (non-hydrogen) atoms. The van der Waals surface area contributed by atoms with E-state index in [1.807, 2.05) is 5.32 Å². The Hall–Kier alpha value is -3.17. The van der Waals surface area contributed by atoms with Gasteiger partial charge in [-0.25, -0.2) is 26.7 Å². The molecule has 0 aliphatic carbocycles. The van der Waals surface area contributed by atoms with E-state index < -0.39 is 53.3 Å². The number of rotatable bonds is 5. The summed E-state index contributed by atoms with van der Waals surface area (Å²) in [6.07, 6.45) is 0. The van der Waals surface area contributed by atoms with E-state index in [1.54, 1.807) is 0 Å². The van der Waals surface area contributed by atoms with E-state index >= 15 is 0 Å². The quantitative estimate of drug-likeness (QED) is 0.557. The summed E-state index contributed by atoms with van der Waals surface area (Å²) in [5.74, 6) is -7.06. The summed E-state index contributed by atoms with van der Waals surface area (Å²) in [5.41, 5.74) is -0.702. The minimum absolute atomic E-state index is 0.103. The Morgan fingerprint density at radius 1 is 0.846 bits per heavy atom. The maximum atomic E-state index is 13.4. The van der Waals surface area contributed by atoms with Gasteiger partial charge in [-0.3, -0.25) is 4.79 Å². The van der Waals surface area contributed by atoms with Gasteiger partial charge >= 0.3 is 6.03 Å². The van der Waals surface area contributed by atoms with Gasteiger partial charge in [-0.2, -0.15) is 0 Å². The third-order valence-corrected chi connectivity index (χ3v) is 3.17. The summed E-state index contributed by atoms with van der Waals surface area (Å²) in [7, 11) is 0. The van der Waals surface area contributed by atoms with Crippen LogP contribution in [0.3, 0.4) is 0 Å². The summed E-state index contributed by atoms with van der Waals surface area (Å²) in [5, 5.41) is 6.23. The lowest BCUT2D eigenvalue weighted by Crippen LogP contribution is -2.39. The van der Waals surface area contributed by atoms with Gasteiger partial charge in [0.2, 0.25) is 5.91 Å². The Kier molecular flexibility index (Phi) is 6.10. The summed E-state index contributed by atoms with van der Waals surface area (Å²) < 4.78 is 65.6. The van der Waals surface area contributed by atoms with Crippen LogP contribution in [0.15, 0.2) is 30.3 Å². The van der Waals surface area contributed by atoms with Crippen molar-refractivity contribution < 1.29 is 31.5 Å². The van der Waals surface area contributed by atoms with E-state index in [1.165, 1.54) is 0 Å². The molecule has 3 amide bonds. The number of carbonyl (C=O) groups is 2. The van der Waals surface area contributed by atoms with E-state index in [9.17, 15) is 31.5 Å². The lowest BCUT2D eigenvalue weighted by molar-refractivity contribution is -0.115. The number of hydrogen-bond donors (Lipinski definition) is 3. The lowest BCUT2D eigenvalue weighted by atomic mass is 10.2. The highest BCUT2D eigenvalue weighted by atomic mass is 19.2. The van der Waals surface area contributed by atoms with Crippen LogP contribution in [0.25, 0.3) is 0 Å². The van der Waals surface area contributed by atoms with Crippen LogP contribution in [0.4, 0.5) is 32.4 Å². The molecule has 0 unspecified atom stereocenters. The van der Waals surface area contributed by atoms with Crippen LogP contribution < -0.4 is 16.0 Å². The first-order chi connectivity index (χ1) is 12.3. The van der Waals surface area contributed by atoms with Gasteiger partial charge in [-0.1, -0.05) is 0 Å². The van der Waals surface area contributed by atoms with Crippen molar-refractivity contribution in [3.05, 3.63) is 65.0 Å². The van der Waals surface area contributed by atoms with Gasteiger partial charge in [0.25, 0.3) is 0 Å². The minimum atomic E-state index is -1.74. The molecule has 0 spiro atoms. The van der Waals surface area contributed by atoms with E-state index in [2.05, 4.69) is 10.6 Å². The van der Waals surface area contributed by atoms with Gasteiger partial charge in [0, 0.05) is 12.1 Å². The third kappa shape index (κ3) is 4.91. The molecule has 138 valence electrons. The number of nitrogens with one attached hydrogen (secondary N) is 3. The van der Waals surface area contributed by atoms with Crippen molar-refractivity contribution in [2.24, 2.45) is 0 Å². The predicted molar refractivity (Wildman–Crippen MR) is 81.5 cm³/mol. The molecule has 0 aromatic heterocycles. The lowest BCUT2D eigenvalue weighted by Gasteiger charge is -2.10. The molecule has 2 aromatic carbocycles. The zero-order valence-corrected chi connectivity index (χ0v) is 13.0. The number of carbonyl (C=O) groups excluding carboxylic acids is 2. The number of amides is 3. The van der Waals surface area contributed by atoms with Crippen LogP contribution in [0, 0.1) is 29.1 Å². The molecule has 5 nitrogen and oxygen atoms in total. The van der Waals surface area contributed by atoms with Crippen molar-refractivity contribution in [3.8, 4) is 0 Å². The molecule has 0 saturated carbocycles. The molecule has 0 radical (unpaired) electrons. The van der Waals surface area contributed by atoms with Crippen molar-refractivity contribution in [1.82, 2.24) is 10.6 Å². The molecule has 10 heteroatoms. The summed E-state index contributed by atoms with van der Waals surface area (Å²) in [6, 6.07) is 3.28. The minimum Gasteiger partial charge on any atom is -0.334 e. The zero-order valence-electron chi connectivity index (χ0n) is 13.0. The van der Waals surface area contributed by atoms with Crippen LogP contribution in [-0.2, 0) is 11.3 Å². The topological polar surface area (TPSA) is 70.2 Å². The smallest absolute Gasteiger partial charge is 0.315 e. The first-order valence-corrected chi connectivity index (χ1v) is 7.17. The van der Waals surface area contributed by atoms with Gasteiger partial charge < -0.3 is 16.0 Å². The van der Waals surface area contributed by atoms with Gasteiger partial charge in [-0.05, 0) is 30.3 Å². The van der Waals surface area contributed by atoms with Crippen LogP contribution in [0.5, 0.6) is 0 Å². The molecule has 0 atom stereocenters. The molecule has 0 fully saturated rings. The molecule has 0 aliphatic heterocycles. The molecule has 2 aromatic rings. The van der Waals surface area contributed by atoms with Crippen molar-refractivity contribution in [1.29, 1.82) is 0 Å². The molecule has 2 rings (SSSR count). The highest BCUT2D eigenvalue weighted by Crippen LogP contribution is 2.19. The summed E-state index contributed by atoms with van der Waals surface area (Å²) in [4.78, 5) is 23.1. The second-order valence-corrected chi connectivity index (χ2v) is 5.04. The molecule has 0 aliphatic rings. The van der Waals surface area contributed by atoms with Gasteiger partial charge in [0.05, 0.1) is 12.2 Å². The van der Waals surface area contributed by atoms with Crippen LogP contribution in [-0.4, -0.2) is 18.5 Å². The first kappa shape index (κ1) is 19.2. The second kappa shape index (κ2) is 8.28. The molecule has 0 bridgehead atoms. The SMILES string of the molecule is O=C(CNC(=O)NCc1cc(F)ccc1F)Nc1ccc(F)c(F)c1F. The van der Waals surface area contributed by atoms with Crippen molar-refractivity contribution in [3.63, 3.8) is 0 Å². The van der Waals surface area contributed by atoms with Crippen LogP contribution >= 0.6 is 0 Å². The number of anilines is 1. The maximum absolute atomic E-state index is 13.4. The average Bonchev–Trinajstić information content (AvgIpc) is 2.61. The van der Waals surface area contributed by atoms with Crippen molar-refractivity contribution in [2.45, 2.75) is 6.54 Å². The van der Waals surface area contributed by atoms with E-state index in [-0.39, 0.29) is 12.1 Å². The fourth-order valence-corrected chi connectivity index (χ4v) is 1.89. The number of halogens is 5. The zero-order chi connectivity index (χ0) is 19.3. The second-order valence-electron chi connectivity index (χ2n) is 5.04. The maximum Gasteiger partial charge on any atom is 0.315 e. The van der Waals surface area contributed by atoms with Crippen LogP contribution in [0.1, 0.15) is 5.56 Å². The summed E-state index contributed by atoms with van der Waals surface area (Å²) in [6.45, 7) is -0.968. The Morgan fingerprint density at radius 3 is 2.27 bits per heavy atom. The highest BCUT2D eigenvalue weighted by molar-refractivity contribution is 5.94. The van der Waals surface area contributed by atoms with Gasteiger partial charge in [-0.15, -0.1) is 0 Å². The Labute approximate surface area is 144 Å². The molecule has 0 heterocycles. The van der Waals surface area contributed by atoms with Gasteiger partial charge in [0.1, 0.15) is 11.6 Å². The van der Waals surface area contributed by atoms with E-state index in [0.29, 0.717) is 6.07 Å². The van der Waals surface area contributed by atoms with Crippen LogP contribution in [0.2, 0.25) is 0 Å². The number of urea groups is 1. The average molecular weight is 373 g/mol. The predicted octanol–water partition coefficient (Wildman–Crippen LogP) is 2.82. The van der Waals surface area contributed by atoms with E-state index in [4.69, 9.17) is 0 Å². The summed E-state index contributed by atoms with van der Waals surface area (Å²) >= 11 is 0. The fraction of sp³-hybridized carbons (Fsp3) is 0.125. The van der Waals surface area contributed by atoms with Gasteiger partial charge in [0.15, 0.2) is 17.5 Å². The normalized spacial score (nSPS) is 10.3. The first-order valence-electron chi connectivity index (χ1n) is 7.17. The molecule has 3 N–H and O–H groups in total.